The molecule has 3 aromatic rings. The van der Waals surface area contributed by atoms with Crippen LogP contribution in [0.1, 0.15) is 28.9 Å². The molecule has 0 spiro atoms. The monoisotopic (exact) mass is 268 g/mol. The molecule has 0 aliphatic heterocycles. The fourth-order valence-corrected chi connectivity index (χ4v) is 2.12. The summed E-state index contributed by atoms with van der Waals surface area (Å²) >= 11 is 0. The van der Waals surface area contributed by atoms with Crippen molar-refractivity contribution in [2.75, 3.05) is 0 Å². The van der Waals surface area contributed by atoms with Crippen molar-refractivity contribution in [2.24, 2.45) is 0 Å². The van der Waals surface area contributed by atoms with E-state index in [4.69, 9.17) is 5.11 Å². The predicted molar refractivity (Wildman–Crippen MR) is 72.5 cm³/mol. The first-order chi connectivity index (χ1) is 9.66. The van der Waals surface area contributed by atoms with Gasteiger partial charge in [0.2, 0.25) is 0 Å². The maximum atomic E-state index is 11.1. The van der Waals surface area contributed by atoms with Gasteiger partial charge >= 0.3 is 5.97 Å². The van der Waals surface area contributed by atoms with Crippen molar-refractivity contribution in [3.05, 3.63) is 53.9 Å². The van der Waals surface area contributed by atoms with Crippen molar-refractivity contribution < 1.29 is 9.90 Å². The molecule has 2 aromatic heterocycles. The molecule has 1 unspecified atom stereocenters. The molecule has 6 heteroatoms. The van der Waals surface area contributed by atoms with Crippen molar-refractivity contribution in [2.45, 2.75) is 13.0 Å². The van der Waals surface area contributed by atoms with Crippen LogP contribution < -0.4 is 0 Å². The second-order valence-electron chi connectivity index (χ2n) is 4.50. The Morgan fingerprint density at radius 1 is 1.35 bits per heavy atom. The number of carboxylic acid groups (broad SMARTS) is 1. The lowest BCUT2D eigenvalue weighted by Gasteiger charge is -2.12. The molecule has 6 nitrogen and oxygen atoms in total. The first-order valence-electron chi connectivity index (χ1n) is 6.15. The summed E-state index contributed by atoms with van der Waals surface area (Å²) in [6, 6.07) is 8.51. The lowest BCUT2D eigenvalue weighted by Crippen LogP contribution is -2.09. The normalized spacial score (nSPS) is 12.4. The number of rotatable bonds is 3. The minimum atomic E-state index is -0.964. The molecule has 0 saturated carbocycles. The summed E-state index contributed by atoms with van der Waals surface area (Å²) < 4.78 is 1.71. The zero-order valence-corrected chi connectivity index (χ0v) is 10.8. The highest BCUT2D eigenvalue weighted by molar-refractivity contribution is 5.92. The summed E-state index contributed by atoms with van der Waals surface area (Å²) in [5.74, 6) is -0.964. The molecular formula is C14H12N4O2. The number of hydrogen-bond donors (Lipinski definition) is 1. The minimum absolute atomic E-state index is 0.0715. The zero-order chi connectivity index (χ0) is 14.1. The van der Waals surface area contributed by atoms with E-state index in [0.29, 0.717) is 11.0 Å². The molecule has 0 aliphatic rings. The van der Waals surface area contributed by atoms with E-state index in [-0.39, 0.29) is 11.6 Å². The number of hydrogen-bond acceptors (Lipinski definition) is 4. The van der Waals surface area contributed by atoms with Crippen LogP contribution in [0.5, 0.6) is 0 Å². The quantitative estimate of drug-likeness (QED) is 0.787. The van der Waals surface area contributed by atoms with Crippen LogP contribution in [0.2, 0.25) is 0 Å². The van der Waals surface area contributed by atoms with Crippen LogP contribution in [0, 0.1) is 0 Å². The molecule has 0 fully saturated rings. The molecule has 1 aromatic carbocycles. The highest BCUT2D eigenvalue weighted by Gasteiger charge is 2.15. The van der Waals surface area contributed by atoms with Crippen molar-refractivity contribution in [3.8, 4) is 0 Å². The third-order valence-electron chi connectivity index (χ3n) is 3.25. The molecule has 1 atom stereocenters. The average molecular weight is 268 g/mol. The minimum Gasteiger partial charge on any atom is -0.478 e. The van der Waals surface area contributed by atoms with Gasteiger partial charge in [-0.1, -0.05) is 11.3 Å². The summed E-state index contributed by atoms with van der Waals surface area (Å²) in [6.45, 7) is 1.97. The predicted octanol–water partition coefficient (Wildman–Crippen LogP) is 2.13. The van der Waals surface area contributed by atoms with Crippen molar-refractivity contribution in [1.29, 1.82) is 0 Å². The molecule has 20 heavy (non-hydrogen) atoms. The van der Waals surface area contributed by atoms with E-state index >= 15 is 0 Å². The third kappa shape index (κ3) is 2.01. The maximum absolute atomic E-state index is 11.1. The van der Waals surface area contributed by atoms with E-state index in [0.717, 1.165) is 5.56 Å². The largest absolute Gasteiger partial charge is 0.478 e. The van der Waals surface area contributed by atoms with Crippen LogP contribution in [0.3, 0.4) is 0 Å². The standard InChI is InChI=1S/C14H12N4O2/c1-9(11-3-2-6-15-8-11)18-13-7-10(14(19)20)4-5-12(13)16-17-18/h2-9H,1H3,(H,19,20). The Morgan fingerprint density at radius 3 is 2.90 bits per heavy atom. The Hall–Kier alpha value is -2.76. The number of pyridine rings is 1. The number of fused-ring (bicyclic) bond motifs is 1. The lowest BCUT2D eigenvalue weighted by atomic mass is 10.1. The summed E-state index contributed by atoms with van der Waals surface area (Å²) in [4.78, 5) is 15.1. The lowest BCUT2D eigenvalue weighted by molar-refractivity contribution is 0.0697. The highest BCUT2D eigenvalue weighted by atomic mass is 16.4. The van der Waals surface area contributed by atoms with E-state index in [1.54, 1.807) is 29.2 Å². The number of benzene rings is 1. The Morgan fingerprint density at radius 2 is 2.20 bits per heavy atom. The summed E-state index contributed by atoms with van der Waals surface area (Å²) in [6.07, 6.45) is 3.47. The molecule has 2 heterocycles. The zero-order valence-electron chi connectivity index (χ0n) is 10.8. The highest BCUT2D eigenvalue weighted by Crippen LogP contribution is 2.22. The summed E-state index contributed by atoms with van der Waals surface area (Å²) in [7, 11) is 0. The van der Waals surface area contributed by atoms with Gasteiger partial charge in [-0.2, -0.15) is 0 Å². The van der Waals surface area contributed by atoms with Gasteiger partial charge in [0.15, 0.2) is 0 Å². The fraction of sp³-hybridized carbons (Fsp3) is 0.143. The van der Waals surface area contributed by atoms with Gasteiger partial charge in [-0.15, -0.1) is 5.10 Å². The Labute approximate surface area is 114 Å². The Bertz CT molecular complexity index is 767. The van der Waals surface area contributed by atoms with Crippen molar-refractivity contribution >= 4 is 17.0 Å². The SMILES string of the molecule is CC(c1cccnc1)n1nnc2ccc(C(=O)O)cc21. The first-order valence-corrected chi connectivity index (χ1v) is 6.15. The summed E-state index contributed by atoms with van der Waals surface area (Å²) in [5, 5.41) is 17.3. The number of aromatic carboxylic acids is 1. The van der Waals surface area contributed by atoms with Gasteiger partial charge in [0.25, 0.3) is 0 Å². The van der Waals surface area contributed by atoms with Crippen LogP contribution in [-0.2, 0) is 0 Å². The number of aromatic nitrogens is 4. The van der Waals surface area contributed by atoms with E-state index in [1.807, 2.05) is 19.1 Å². The van der Waals surface area contributed by atoms with E-state index in [9.17, 15) is 4.79 Å². The first kappa shape index (κ1) is 12.3. The topological polar surface area (TPSA) is 80.9 Å². The van der Waals surface area contributed by atoms with E-state index < -0.39 is 5.97 Å². The van der Waals surface area contributed by atoms with Crippen LogP contribution in [0.15, 0.2) is 42.7 Å². The van der Waals surface area contributed by atoms with Crippen molar-refractivity contribution in [3.63, 3.8) is 0 Å². The van der Waals surface area contributed by atoms with Gasteiger partial charge in [-0.3, -0.25) is 4.98 Å². The number of carboxylic acids is 1. The Balaban J connectivity index is 2.12. The average Bonchev–Trinajstić information content (AvgIpc) is 2.90. The van der Waals surface area contributed by atoms with Crippen LogP contribution in [-0.4, -0.2) is 31.1 Å². The molecule has 0 bridgehead atoms. The molecule has 0 radical (unpaired) electrons. The van der Waals surface area contributed by atoms with Crippen LogP contribution >= 0.6 is 0 Å². The molecule has 1 N–H and O–H groups in total. The van der Waals surface area contributed by atoms with Gasteiger partial charge in [-0.05, 0) is 36.8 Å². The van der Waals surface area contributed by atoms with Gasteiger partial charge in [0.05, 0.1) is 17.1 Å². The van der Waals surface area contributed by atoms with Crippen LogP contribution in [0.4, 0.5) is 0 Å². The van der Waals surface area contributed by atoms with Crippen LogP contribution in [0.25, 0.3) is 11.0 Å². The number of carbonyl (C=O) groups is 1. The molecule has 0 amide bonds. The smallest absolute Gasteiger partial charge is 0.335 e. The van der Waals surface area contributed by atoms with E-state index in [2.05, 4.69) is 15.3 Å². The molecule has 100 valence electrons. The van der Waals surface area contributed by atoms with Gasteiger partial charge in [-0.25, -0.2) is 9.48 Å². The third-order valence-corrected chi connectivity index (χ3v) is 3.25. The summed E-state index contributed by atoms with van der Waals surface area (Å²) in [5.41, 5.74) is 2.58. The fourth-order valence-electron chi connectivity index (χ4n) is 2.12. The second kappa shape index (κ2) is 4.73. The van der Waals surface area contributed by atoms with Gasteiger partial charge in [0.1, 0.15) is 5.52 Å². The number of nitrogens with zero attached hydrogens (tertiary/aromatic N) is 4. The molecule has 0 saturated heterocycles. The van der Waals surface area contributed by atoms with Gasteiger partial charge < -0.3 is 5.11 Å². The van der Waals surface area contributed by atoms with E-state index in [1.165, 1.54) is 6.07 Å². The van der Waals surface area contributed by atoms with Crippen molar-refractivity contribution in [1.82, 2.24) is 20.0 Å². The molecular weight excluding hydrogens is 256 g/mol. The molecule has 0 aliphatic carbocycles. The Kier molecular flexibility index (Phi) is 2.90. The maximum Gasteiger partial charge on any atom is 0.335 e. The molecule has 3 rings (SSSR count). The van der Waals surface area contributed by atoms with Gasteiger partial charge in [0, 0.05) is 12.4 Å². The second-order valence-corrected chi connectivity index (χ2v) is 4.50.